The smallest absolute Gasteiger partial charge is 0.254 e. The second-order valence-corrected chi connectivity index (χ2v) is 5.34. The lowest BCUT2D eigenvalue weighted by atomic mass is 9.92. The SMILES string of the molecule is Cc1cc(Cl)c(C(=O)NC2(C)CCOCC2)cn1. The molecule has 1 aromatic heterocycles. The molecule has 1 aromatic rings. The molecule has 1 N–H and O–H groups in total. The van der Waals surface area contributed by atoms with Crippen molar-refractivity contribution in [3.8, 4) is 0 Å². The number of amides is 1. The Bertz CT molecular complexity index is 456. The summed E-state index contributed by atoms with van der Waals surface area (Å²) in [6.45, 7) is 5.23. The number of pyridine rings is 1. The van der Waals surface area contributed by atoms with Gasteiger partial charge in [-0.1, -0.05) is 11.6 Å². The summed E-state index contributed by atoms with van der Waals surface area (Å²) in [5, 5.41) is 3.47. The lowest BCUT2D eigenvalue weighted by Gasteiger charge is -2.34. The Morgan fingerprint density at radius 2 is 2.17 bits per heavy atom. The van der Waals surface area contributed by atoms with E-state index in [1.807, 2.05) is 13.8 Å². The highest BCUT2D eigenvalue weighted by Crippen LogP contribution is 2.22. The molecule has 0 saturated carbocycles. The van der Waals surface area contributed by atoms with Crippen LogP contribution in [0.1, 0.15) is 35.8 Å². The van der Waals surface area contributed by atoms with Gasteiger partial charge in [-0.3, -0.25) is 9.78 Å². The third kappa shape index (κ3) is 3.00. The molecular formula is C13H17ClN2O2. The van der Waals surface area contributed by atoms with Crippen LogP contribution in [0.5, 0.6) is 0 Å². The summed E-state index contributed by atoms with van der Waals surface area (Å²) in [6.07, 6.45) is 3.15. The Kier molecular flexibility index (Phi) is 3.88. The number of hydrogen-bond donors (Lipinski definition) is 1. The lowest BCUT2D eigenvalue weighted by Crippen LogP contribution is -2.49. The third-order valence-corrected chi connectivity index (χ3v) is 3.56. The van der Waals surface area contributed by atoms with Crippen LogP contribution in [0.2, 0.25) is 5.02 Å². The Hall–Kier alpha value is -1.13. The number of aryl methyl sites for hydroxylation is 1. The molecule has 1 saturated heterocycles. The number of nitrogens with one attached hydrogen (secondary N) is 1. The highest BCUT2D eigenvalue weighted by atomic mass is 35.5. The molecule has 0 aliphatic carbocycles. The Labute approximate surface area is 112 Å². The maximum Gasteiger partial charge on any atom is 0.254 e. The zero-order valence-corrected chi connectivity index (χ0v) is 11.4. The maximum atomic E-state index is 12.2. The van der Waals surface area contributed by atoms with E-state index in [9.17, 15) is 4.79 Å². The summed E-state index contributed by atoms with van der Waals surface area (Å²) < 4.78 is 5.30. The van der Waals surface area contributed by atoms with Gasteiger partial charge in [0.2, 0.25) is 0 Å². The van der Waals surface area contributed by atoms with Crippen molar-refractivity contribution >= 4 is 17.5 Å². The molecule has 1 amide bonds. The number of ether oxygens (including phenoxy) is 1. The van der Waals surface area contributed by atoms with Crippen molar-refractivity contribution in [1.82, 2.24) is 10.3 Å². The van der Waals surface area contributed by atoms with E-state index in [-0.39, 0.29) is 11.4 Å². The highest BCUT2D eigenvalue weighted by molar-refractivity contribution is 6.33. The van der Waals surface area contributed by atoms with Crippen LogP contribution in [0.25, 0.3) is 0 Å². The maximum absolute atomic E-state index is 12.2. The second-order valence-electron chi connectivity index (χ2n) is 4.93. The zero-order chi connectivity index (χ0) is 13.2. The molecular weight excluding hydrogens is 252 g/mol. The van der Waals surface area contributed by atoms with Crippen molar-refractivity contribution in [2.24, 2.45) is 0 Å². The van der Waals surface area contributed by atoms with Crippen LogP contribution < -0.4 is 5.32 Å². The van der Waals surface area contributed by atoms with Crippen molar-refractivity contribution < 1.29 is 9.53 Å². The van der Waals surface area contributed by atoms with E-state index < -0.39 is 0 Å². The highest BCUT2D eigenvalue weighted by Gasteiger charge is 2.29. The average molecular weight is 269 g/mol. The van der Waals surface area contributed by atoms with Gasteiger partial charge in [0, 0.05) is 30.6 Å². The minimum absolute atomic E-state index is 0.170. The molecule has 4 nitrogen and oxygen atoms in total. The van der Waals surface area contributed by atoms with Crippen LogP contribution >= 0.6 is 11.6 Å². The van der Waals surface area contributed by atoms with Crippen LogP contribution in [0.3, 0.4) is 0 Å². The standard InChI is InChI=1S/C13H17ClN2O2/c1-9-7-11(14)10(8-15-9)12(17)16-13(2)3-5-18-6-4-13/h7-8H,3-6H2,1-2H3,(H,16,17). The van der Waals surface area contributed by atoms with Crippen LogP contribution in [-0.4, -0.2) is 29.6 Å². The number of hydrogen-bond acceptors (Lipinski definition) is 3. The number of carbonyl (C=O) groups is 1. The summed E-state index contributed by atoms with van der Waals surface area (Å²) >= 11 is 6.06. The molecule has 0 bridgehead atoms. The van der Waals surface area contributed by atoms with E-state index in [0.29, 0.717) is 23.8 Å². The predicted octanol–water partition coefficient (Wildman–Crippen LogP) is 2.34. The van der Waals surface area contributed by atoms with Gasteiger partial charge in [-0.05, 0) is 32.8 Å². The molecule has 1 aliphatic heterocycles. The molecule has 2 rings (SSSR count). The Morgan fingerprint density at radius 1 is 1.50 bits per heavy atom. The number of nitrogens with zero attached hydrogens (tertiary/aromatic N) is 1. The molecule has 2 heterocycles. The molecule has 98 valence electrons. The van der Waals surface area contributed by atoms with Gasteiger partial charge in [-0.15, -0.1) is 0 Å². The van der Waals surface area contributed by atoms with Crippen LogP contribution in [-0.2, 0) is 4.74 Å². The summed E-state index contributed by atoms with van der Waals surface area (Å²) in [5.41, 5.74) is 1.01. The fourth-order valence-corrected chi connectivity index (χ4v) is 2.27. The fraction of sp³-hybridized carbons (Fsp3) is 0.538. The first kappa shape index (κ1) is 13.3. The Balaban J connectivity index is 2.11. The van der Waals surface area contributed by atoms with Crippen molar-refractivity contribution in [3.63, 3.8) is 0 Å². The topological polar surface area (TPSA) is 51.2 Å². The fourth-order valence-electron chi connectivity index (χ4n) is 1.98. The number of aromatic nitrogens is 1. The van der Waals surface area contributed by atoms with Gasteiger partial charge in [0.25, 0.3) is 5.91 Å². The molecule has 0 atom stereocenters. The van der Waals surface area contributed by atoms with Crippen molar-refractivity contribution in [1.29, 1.82) is 0 Å². The number of rotatable bonds is 2. The van der Waals surface area contributed by atoms with E-state index in [1.165, 1.54) is 6.20 Å². The van der Waals surface area contributed by atoms with Crippen molar-refractivity contribution in [2.45, 2.75) is 32.2 Å². The normalized spacial score (nSPS) is 18.4. The molecule has 18 heavy (non-hydrogen) atoms. The molecule has 0 spiro atoms. The predicted molar refractivity (Wildman–Crippen MR) is 69.9 cm³/mol. The molecule has 0 radical (unpaired) electrons. The first-order valence-corrected chi connectivity index (χ1v) is 6.40. The van der Waals surface area contributed by atoms with Gasteiger partial charge in [0.1, 0.15) is 0 Å². The molecule has 5 heteroatoms. The van der Waals surface area contributed by atoms with Gasteiger partial charge < -0.3 is 10.1 Å². The number of carbonyl (C=O) groups excluding carboxylic acids is 1. The molecule has 0 aromatic carbocycles. The van der Waals surface area contributed by atoms with Crippen LogP contribution in [0, 0.1) is 6.92 Å². The largest absolute Gasteiger partial charge is 0.381 e. The first-order valence-electron chi connectivity index (χ1n) is 6.03. The van der Waals surface area contributed by atoms with Crippen molar-refractivity contribution in [3.05, 3.63) is 28.5 Å². The first-order chi connectivity index (χ1) is 8.50. The van der Waals surface area contributed by atoms with E-state index in [2.05, 4.69) is 10.3 Å². The summed E-state index contributed by atoms with van der Waals surface area (Å²) in [4.78, 5) is 16.3. The Morgan fingerprint density at radius 3 is 2.78 bits per heavy atom. The second kappa shape index (κ2) is 5.24. The summed E-state index contributed by atoms with van der Waals surface area (Å²) in [6, 6.07) is 1.70. The van der Waals surface area contributed by atoms with E-state index in [1.54, 1.807) is 6.07 Å². The van der Waals surface area contributed by atoms with Crippen molar-refractivity contribution in [2.75, 3.05) is 13.2 Å². The summed E-state index contributed by atoms with van der Waals surface area (Å²) in [7, 11) is 0. The zero-order valence-electron chi connectivity index (χ0n) is 10.6. The van der Waals surface area contributed by atoms with Crippen LogP contribution in [0.4, 0.5) is 0 Å². The van der Waals surface area contributed by atoms with E-state index >= 15 is 0 Å². The van der Waals surface area contributed by atoms with Crippen LogP contribution in [0.15, 0.2) is 12.3 Å². The minimum atomic E-state index is -0.219. The molecule has 1 fully saturated rings. The summed E-state index contributed by atoms with van der Waals surface area (Å²) in [5.74, 6) is -0.170. The third-order valence-electron chi connectivity index (χ3n) is 3.25. The van der Waals surface area contributed by atoms with Gasteiger partial charge in [-0.25, -0.2) is 0 Å². The lowest BCUT2D eigenvalue weighted by molar-refractivity contribution is 0.0423. The monoisotopic (exact) mass is 268 g/mol. The minimum Gasteiger partial charge on any atom is -0.381 e. The van der Waals surface area contributed by atoms with Gasteiger partial charge in [-0.2, -0.15) is 0 Å². The van der Waals surface area contributed by atoms with Gasteiger partial charge in [0.05, 0.1) is 10.6 Å². The quantitative estimate of drug-likeness (QED) is 0.896. The average Bonchev–Trinajstić information content (AvgIpc) is 2.28. The van der Waals surface area contributed by atoms with Gasteiger partial charge in [0.15, 0.2) is 0 Å². The van der Waals surface area contributed by atoms with Gasteiger partial charge >= 0.3 is 0 Å². The number of halogens is 1. The molecule has 1 aliphatic rings. The van der Waals surface area contributed by atoms with E-state index in [0.717, 1.165) is 18.5 Å². The van der Waals surface area contributed by atoms with E-state index in [4.69, 9.17) is 16.3 Å². The molecule has 0 unspecified atom stereocenters.